The number of benzene rings is 3. The first-order valence-electron chi connectivity index (χ1n) is 20.7. The Labute approximate surface area is 348 Å². The summed E-state index contributed by atoms with van der Waals surface area (Å²) in [6, 6.07) is 27.7. The van der Waals surface area contributed by atoms with Crippen molar-refractivity contribution in [2.24, 2.45) is 4.99 Å². The van der Waals surface area contributed by atoms with Gasteiger partial charge < -0.3 is 0 Å². The summed E-state index contributed by atoms with van der Waals surface area (Å²) in [6.07, 6.45) is 33.6. The maximum Gasteiger partial charge on any atom is 0.164 e. The first kappa shape index (κ1) is 39.0. The van der Waals surface area contributed by atoms with E-state index in [9.17, 15) is 0 Å². The highest BCUT2D eigenvalue weighted by atomic mass is 15.0. The topological polar surface area (TPSA) is 63.9 Å². The monoisotopic (exact) mass is 767 g/mol. The predicted molar refractivity (Wildman–Crippen MR) is 248 cm³/mol. The number of rotatable bonds is 11. The number of nitrogens with zero attached hydrogens (tertiary/aromatic N) is 5. The van der Waals surface area contributed by atoms with Crippen LogP contribution in [0.2, 0.25) is 0 Å². The molecule has 3 aliphatic rings. The summed E-state index contributed by atoms with van der Waals surface area (Å²) < 4.78 is 0. The number of pyridine rings is 1. The molecule has 0 saturated carbocycles. The number of fused-ring (bicyclic) bond motifs is 1. The highest BCUT2D eigenvalue weighted by Gasteiger charge is 2.18. The summed E-state index contributed by atoms with van der Waals surface area (Å²) in [6.45, 7) is 10.5. The van der Waals surface area contributed by atoms with Crippen LogP contribution in [0.3, 0.4) is 0 Å². The van der Waals surface area contributed by atoms with Crippen LogP contribution < -0.4 is 0 Å². The van der Waals surface area contributed by atoms with Crippen molar-refractivity contribution in [3.63, 3.8) is 0 Å². The van der Waals surface area contributed by atoms with E-state index in [1.165, 1.54) is 33.6 Å². The van der Waals surface area contributed by atoms with Crippen molar-refractivity contribution in [2.75, 3.05) is 0 Å². The largest absolute Gasteiger partial charge is 0.261 e. The Kier molecular flexibility index (Phi) is 12.0. The third kappa shape index (κ3) is 8.70. The Morgan fingerprint density at radius 3 is 2.14 bits per heavy atom. The zero-order valence-electron chi connectivity index (χ0n) is 34.2. The van der Waals surface area contributed by atoms with Gasteiger partial charge in [0.2, 0.25) is 0 Å². The van der Waals surface area contributed by atoms with Crippen LogP contribution in [-0.2, 0) is 6.42 Å². The first-order chi connectivity index (χ1) is 29.0. The summed E-state index contributed by atoms with van der Waals surface area (Å²) in [7, 11) is 0. The maximum atomic E-state index is 5.13. The highest BCUT2D eigenvalue weighted by Crippen LogP contribution is 2.36. The van der Waals surface area contributed by atoms with Crippen molar-refractivity contribution in [3.8, 4) is 45.2 Å². The van der Waals surface area contributed by atoms with E-state index in [-0.39, 0.29) is 0 Å². The second kappa shape index (κ2) is 18.2. The Morgan fingerprint density at radius 1 is 0.661 bits per heavy atom. The fourth-order valence-corrected chi connectivity index (χ4v) is 7.98. The second-order valence-electron chi connectivity index (χ2n) is 14.9. The lowest BCUT2D eigenvalue weighted by Gasteiger charge is -2.19. The third-order valence-corrected chi connectivity index (χ3v) is 11.2. The fraction of sp³-hybridized carbons (Fsp3) is 0.167. The molecule has 5 nitrogen and oxygen atoms in total. The molecule has 0 radical (unpaired) electrons. The zero-order chi connectivity index (χ0) is 40.6. The van der Waals surface area contributed by atoms with E-state index in [1.807, 2.05) is 80.9 Å². The molecule has 3 aromatic carbocycles. The summed E-state index contributed by atoms with van der Waals surface area (Å²) in [5, 5.41) is 0. The molecule has 0 fully saturated rings. The van der Waals surface area contributed by atoms with Crippen molar-refractivity contribution >= 4 is 22.9 Å². The van der Waals surface area contributed by atoms with E-state index in [2.05, 4.69) is 110 Å². The summed E-state index contributed by atoms with van der Waals surface area (Å²) in [4.78, 5) is 24.7. The minimum Gasteiger partial charge on any atom is -0.261 e. The van der Waals surface area contributed by atoms with E-state index < -0.39 is 0 Å². The van der Waals surface area contributed by atoms with E-state index in [4.69, 9.17) is 19.9 Å². The highest BCUT2D eigenvalue weighted by molar-refractivity contribution is 6.01. The lowest BCUT2D eigenvalue weighted by molar-refractivity contribution is 0.932. The molecule has 0 unspecified atom stereocenters. The van der Waals surface area contributed by atoms with Gasteiger partial charge in [0.25, 0.3) is 0 Å². The third-order valence-electron chi connectivity index (χ3n) is 11.2. The van der Waals surface area contributed by atoms with Gasteiger partial charge in [0.05, 0.1) is 5.69 Å². The van der Waals surface area contributed by atoms with Gasteiger partial charge in [0.15, 0.2) is 17.5 Å². The molecular weight excluding hydrogens is 719 g/mol. The van der Waals surface area contributed by atoms with Gasteiger partial charge in [0.1, 0.15) is 0 Å². The molecular formula is C54H49N5. The summed E-state index contributed by atoms with van der Waals surface area (Å²) >= 11 is 0. The Morgan fingerprint density at radius 2 is 1.42 bits per heavy atom. The van der Waals surface area contributed by atoms with Gasteiger partial charge in [-0.3, -0.25) is 9.98 Å². The van der Waals surface area contributed by atoms with Crippen LogP contribution in [0.5, 0.6) is 0 Å². The molecule has 1 aliphatic heterocycles. The van der Waals surface area contributed by atoms with Gasteiger partial charge in [-0.15, -0.1) is 0 Å². The predicted octanol–water partition coefficient (Wildman–Crippen LogP) is 13.8. The standard InChI is InChI=1S/C54H49N5/c1-5-16-37(6-2)52-57-53(45-18-10-9-11-19-45)59-54(58-52)48-35-46(39(8-4)33-38(7-3)40-22-26-43(27-23-40)50-21-14-15-31-55-50)34-47(36-48)41-24-28-44(29-25-41)51-49-20-13-12-17-42(49)30-32-56-51/h5-11,13,15-16,18-20,22,24-26,28-36H,4,12,14,17,21,23,27H2,1-3H3/b16-5-,37-6+,38-7+,39-33+. The second-order valence-corrected chi connectivity index (χ2v) is 14.9. The van der Waals surface area contributed by atoms with Crippen LogP contribution in [0.4, 0.5) is 0 Å². The van der Waals surface area contributed by atoms with Gasteiger partial charge in [-0.05, 0) is 134 Å². The normalized spacial score (nSPS) is 15.8. The number of allylic oxidation sites excluding steroid dienone is 15. The lowest BCUT2D eigenvalue weighted by atomic mass is 9.87. The Hall–Kier alpha value is -6.85. The van der Waals surface area contributed by atoms with Crippen molar-refractivity contribution in [3.05, 3.63) is 198 Å². The molecule has 0 spiro atoms. The average molecular weight is 768 g/mol. The van der Waals surface area contributed by atoms with Crippen LogP contribution in [0.15, 0.2) is 180 Å². The van der Waals surface area contributed by atoms with Crippen LogP contribution in [0, 0.1) is 0 Å². The number of hydrogen-bond donors (Lipinski definition) is 0. The van der Waals surface area contributed by atoms with Crippen molar-refractivity contribution < 1.29 is 0 Å². The van der Waals surface area contributed by atoms with Crippen LogP contribution in [0.25, 0.3) is 62.4 Å². The van der Waals surface area contributed by atoms with Gasteiger partial charge in [-0.25, -0.2) is 15.0 Å². The van der Waals surface area contributed by atoms with Gasteiger partial charge >= 0.3 is 0 Å². The Balaban J connectivity index is 1.25. The molecule has 0 N–H and O–H groups in total. The minimum absolute atomic E-state index is 0.604. The molecule has 2 aromatic heterocycles. The molecule has 0 bridgehead atoms. The molecule has 5 heteroatoms. The molecule has 8 rings (SSSR count). The van der Waals surface area contributed by atoms with Gasteiger partial charge in [0, 0.05) is 45.9 Å². The van der Waals surface area contributed by atoms with Crippen LogP contribution in [-0.4, -0.2) is 25.6 Å². The minimum atomic E-state index is 0.604. The van der Waals surface area contributed by atoms with Crippen LogP contribution >= 0.6 is 0 Å². The smallest absolute Gasteiger partial charge is 0.164 e. The Bertz CT molecular complexity index is 2680. The van der Waals surface area contributed by atoms with E-state index in [0.29, 0.717) is 17.5 Å². The summed E-state index contributed by atoms with van der Waals surface area (Å²) in [5.74, 6) is 1.86. The zero-order valence-corrected chi connectivity index (χ0v) is 34.2. The van der Waals surface area contributed by atoms with E-state index in [1.54, 1.807) is 0 Å². The molecule has 5 aromatic rings. The average Bonchev–Trinajstić information content (AvgIpc) is 3.31. The SMILES string of the molecule is C=C/C(=C\C(=C/C)C1=CC=C(C2=NC=CCC2)CC1)c1cc(-c2ccc(-c3nccc4c3C=CCC4)cc2)cc(-c2nc(C(/C=C\C)=C/C)nc(-c3ccccc3)n2)c1. The van der Waals surface area contributed by atoms with Crippen molar-refractivity contribution in [2.45, 2.75) is 59.3 Å². The molecule has 290 valence electrons. The number of aryl methyl sites for hydroxylation is 1. The fourth-order valence-electron chi connectivity index (χ4n) is 7.98. The molecule has 2 aliphatic carbocycles. The molecule has 59 heavy (non-hydrogen) atoms. The number of hydrogen-bond acceptors (Lipinski definition) is 5. The lowest BCUT2D eigenvalue weighted by Crippen LogP contribution is -2.08. The molecule has 0 atom stereocenters. The van der Waals surface area contributed by atoms with Gasteiger partial charge in [-0.2, -0.15) is 0 Å². The number of aliphatic imine (C=N–C) groups is 1. The van der Waals surface area contributed by atoms with E-state index in [0.717, 1.165) is 88.7 Å². The molecule has 3 heterocycles. The maximum absolute atomic E-state index is 5.13. The van der Waals surface area contributed by atoms with Crippen LogP contribution in [0.1, 0.15) is 75.4 Å². The summed E-state index contributed by atoms with van der Waals surface area (Å²) in [5.41, 5.74) is 16.7. The van der Waals surface area contributed by atoms with Crippen molar-refractivity contribution in [1.29, 1.82) is 0 Å². The molecule has 0 saturated heterocycles. The number of aromatic nitrogens is 4. The van der Waals surface area contributed by atoms with Gasteiger partial charge in [-0.1, -0.05) is 122 Å². The molecule has 0 amide bonds. The first-order valence-corrected chi connectivity index (χ1v) is 20.7. The van der Waals surface area contributed by atoms with E-state index >= 15 is 0 Å². The van der Waals surface area contributed by atoms with Crippen molar-refractivity contribution in [1.82, 2.24) is 19.9 Å². The quantitative estimate of drug-likeness (QED) is 0.126.